The first-order chi connectivity index (χ1) is 14.3. The van der Waals surface area contributed by atoms with Gasteiger partial charge >= 0.3 is 5.97 Å². The Morgan fingerprint density at radius 2 is 2.03 bits per heavy atom. The van der Waals surface area contributed by atoms with Crippen LogP contribution in [0, 0.1) is 12.7 Å². The highest BCUT2D eigenvalue weighted by Gasteiger charge is 2.35. The van der Waals surface area contributed by atoms with Crippen molar-refractivity contribution in [3.8, 4) is 0 Å². The second-order valence-electron chi connectivity index (χ2n) is 6.97. The topological polar surface area (TPSA) is 72.9 Å². The summed E-state index contributed by atoms with van der Waals surface area (Å²) in [5.41, 5.74) is 0.898. The molecule has 0 saturated carbocycles. The Bertz CT molecular complexity index is 1220. The van der Waals surface area contributed by atoms with Crippen LogP contribution in [0.5, 0.6) is 0 Å². The molecule has 9 heteroatoms. The molecule has 1 fully saturated rings. The first-order valence-electron chi connectivity index (χ1n) is 9.30. The molecule has 0 spiro atoms. The minimum atomic E-state index is -3.84. The molecule has 3 aromatic rings. The molecule has 1 saturated heterocycles. The Morgan fingerprint density at radius 1 is 1.27 bits per heavy atom. The van der Waals surface area contributed by atoms with Crippen molar-refractivity contribution in [2.45, 2.75) is 17.9 Å². The molecule has 6 nitrogen and oxygen atoms in total. The predicted octanol–water partition coefficient (Wildman–Crippen LogP) is 3.90. The van der Waals surface area contributed by atoms with Gasteiger partial charge in [0.05, 0.1) is 24.7 Å². The Morgan fingerprint density at radius 3 is 2.77 bits per heavy atom. The second kappa shape index (κ2) is 8.07. The molecule has 2 aromatic carbocycles. The lowest BCUT2D eigenvalue weighted by Crippen LogP contribution is -2.42. The van der Waals surface area contributed by atoms with Crippen molar-refractivity contribution >= 4 is 37.4 Å². The van der Waals surface area contributed by atoms with Crippen LogP contribution in [0.4, 0.5) is 4.39 Å². The number of halogens is 1. The molecule has 1 aromatic heterocycles. The number of carbonyl (C=O) groups excluding carboxylic acids is 1. The lowest BCUT2D eigenvalue weighted by Gasteiger charge is -2.32. The van der Waals surface area contributed by atoms with E-state index < -0.39 is 27.9 Å². The summed E-state index contributed by atoms with van der Waals surface area (Å²) in [6.07, 6.45) is -0.625. The number of hydrogen-bond acceptors (Lipinski definition) is 6. The van der Waals surface area contributed by atoms with E-state index in [1.165, 1.54) is 41.8 Å². The number of rotatable bonds is 4. The van der Waals surface area contributed by atoms with Crippen molar-refractivity contribution in [1.29, 1.82) is 0 Å². The van der Waals surface area contributed by atoms with Gasteiger partial charge in [0.1, 0.15) is 10.7 Å². The maximum absolute atomic E-state index is 13.6. The molecule has 1 aliphatic heterocycles. The third-order valence-corrected chi connectivity index (χ3v) is 8.15. The summed E-state index contributed by atoms with van der Waals surface area (Å²) >= 11 is 1.29. The van der Waals surface area contributed by atoms with Gasteiger partial charge in [-0.3, -0.25) is 0 Å². The van der Waals surface area contributed by atoms with E-state index in [0.29, 0.717) is 10.4 Å². The van der Waals surface area contributed by atoms with Gasteiger partial charge in [-0.2, -0.15) is 4.31 Å². The number of methoxy groups -OCH3 is 1. The zero-order valence-corrected chi connectivity index (χ0v) is 18.1. The number of fused-ring (bicyclic) bond motifs is 1. The van der Waals surface area contributed by atoms with Gasteiger partial charge < -0.3 is 9.47 Å². The van der Waals surface area contributed by atoms with Crippen molar-refractivity contribution < 1.29 is 27.1 Å². The molecule has 2 heterocycles. The van der Waals surface area contributed by atoms with Crippen molar-refractivity contribution in [2.75, 3.05) is 26.8 Å². The molecular formula is C21H20FNO5S2. The number of aryl methyl sites for hydroxylation is 1. The zero-order chi connectivity index (χ0) is 21.5. The molecule has 4 rings (SSSR count). The van der Waals surface area contributed by atoms with E-state index in [-0.39, 0.29) is 30.2 Å². The van der Waals surface area contributed by atoms with Crippen LogP contribution in [0.15, 0.2) is 47.4 Å². The summed E-state index contributed by atoms with van der Waals surface area (Å²) < 4.78 is 53.0. The molecule has 0 amide bonds. The number of ether oxygens (including phenoxy) is 2. The van der Waals surface area contributed by atoms with E-state index in [0.717, 1.165) is 16.2 Å². The highest BCUT2D eigenvalue weighted by Crippen LogP contribution is 2.39. The lowest BCUT2D eigenvalue weighted by atomic mass is 10.0. The van der Waals surface area contributed by atoms with Crippen LogP contribution in [-0.2, 0) is 19.5 Å². The van der Waals surface area contributed by atoms with Crippen LogP contribution in [0.1, 0.15) is 26.9 Å². The second-order valence-corrected chi connectivity index (χ2v) is 9.96. The summed E-state index contributed by atoms with van der Waals surface area (Å²) in [4.78, 5) is 12.8. The normalized spacial score (nSPS) is 17.9. The average molecular weight is 450 g/mol. The molecule has 1 aliphatic rings. The Labute approximate surface area is 177 Å². The number of sulfonamides is 1. The number of benzene rings is 2. The Kier molecular flexibility index (Phi) is 5.63. The van der Waals surface area contributed by atoms with Crippen LogP contribution in [0.2, 0.25) is 0 Å². The van der Waals surface area contributed by atoms with E-state index in [1.54, 1.807) is 0 Å². The van der Waals surface area contributed by atoms with Gasteiger partial charge in [0.2, 0.25) is 10.0 Å². The van der Waals surface area contributed by atoms with Crippen LogP contribution in [0.25, 0.3) is 10.1 Å². The fraction of sp³-hybridized carbons (Fsp3) is 0.286. The molecule has 30 heavy (non-hydrogen) atoms. The molecule has 158 valence electrons. The summed E-state index contributed by atoms with van der Waals surface area (Å²) in [7, 11) is -2.53. The van der Waals surface area contributed by atoms with Crippen LogP contribution >= 0.6 is 11.3 Å². The van der Waals surface area contributed by atoms with E-state index in [4.69, 9.17) is 9.47 Å². The number of morpholine rings is 1. The monoisotopic (exact) mass is 449 g/mol. The highest BCUT2D eigenvalue weighted by molar-refractivity contribution is 7.89. The van der Waals surface area contributed by atoms with Crippen LogP contribution < -0.4 is 0 Å². The molecule has 0 N–H and O–H groups in total. The van der Waals surface area contributed by atoms with Crippen molar-refractivity contribution in [3.05, 3.63) is 64.3 Å². The number of esters is 1. The van der Waals surface area contributed by atoms with Gasteiger partial charge in [-0.05, 0) is 42.1 Å². The minimum absolute atomic E-state index is 0.0328. The SMILES string of the molecule is COC(=O)c1sc2ccccc2c1C1CN(S(=O)(=O)c2ccc(F)c(C)c2)CCO1. The zero-order valence-electron chi connectivity index (χ0n) is 16.4. The Balaban J connectivity index is 1.73. The van der Waals surface area contributed by atoms with E-state index >= 15 is 0 Å². The first kappa shape index (κ1) is 20.9. The predicted molar refractivity (Wildman–Crippen MR) is 112 cm³/mol. The standard InChI is InChI=1S/C21H20FNO5S2/c1-13-11-14(7-8-16(13)22)30(25,26)23-9-10-28-17(12-23)19-15-5-3-4-6-18(15)29-20(19)21(24)27-2/h3-8,11,17H,9-10,12H2,1-2H3. The summed E-state index contributed by atoms with van der Waals surface area (Å²) in [5, 5.41) is 0.838. The van der Waals surface area contributed by atoms with Gasteiger partial charge in [-0.25, -0.2) is 17.6 Å². The minimum Gasteiger partial charge on any atom is -0.465 e. The lowest BCUT2D eigenvalue weighted by molar-refractivity contribution is -0.00233. The average Bonchev–Trinajstić information content (AvgIpc) is 3.14. The fourth-order valence-electron chi connectivity index (χ4n) is 3.57. The third kappa shape index (κ3) is 3.62. The Hall–Kier alpha value is -2.33. The number of nitrogens with zero attached hydrogens (tertiary/aromatic N) is 1. The number of carbonyl (C=O) groups is 1. The first-order valence-corrected chi connectivity index (χ1v) is 11.6. The number of thiophene rings is 1. The third-order valence-electron chi connectivity index (χ3n) is 5.12. The molecular weight excluding hydrogens is 429 g/mol. The molecule has 1 unspecified atom stereocenters. The van der Waals surface area contributed by atoms with E-state index in [1.807, 2.05) is 24.3 Å². The number of hydrogen-bond donors (Lipinski definition) is 0. The molecule has 0 aliphatic carbocycles. The van der Waals surface area contributed by atoms with Crippen LogP contribution in [0.3, 0.4) is 0 Å². The summed E-state index contributed by atoms with van der Waals surface area (Å²) in [6.45, 7) is 1.92. The molecule has 0 bridgehead atoms. The highest BCUT2D eigenvalue weighted by atomic mass is 32.2. The molecule has 1 atom stereocenters. The smallest absolute Gasteiger partial charge is 0.348 e. The summed E-state index contributed by atoms with van der Waals surface area (Å²) in [5.74, 6) is -0.940. The molecule has 0 radical (unpaired) electrons. The summed E-state index contributed by atoms with van der Waals surface area (Å²) in [6, 6.07) is 11.3. The van der Waals surface area contributed by atoms with E-state index in [9.17, 15) is 17.6 Å². The van der Waals surface area contributed by atoms with Crippen molar-refractivity contribution in [1.82, 2.24) is 4.31 Å². The van der Waals surface area contributed by atoms with Crippen molar-refractivity contribution in [2.24, 2.45) is 0 Å². The van der Waals surface area contributed by atoms with E-state index in [2.05, 4.69) is 0 Å². The quantitative estimate of drug-likeness (QED) is 0.565. The van der Waals surface area contributed by atoms with Gasteiger partial charge in [0.25, 0.3) is 0 Å². The maximum atomic E-state index is 13.6. The van der Waals surface area contributed by atoms with Gasteiger partial charge in [-0.1, -0.05) is 18.2 Å². The van der Waals surface area contributed by atoms with Gasteiger partial charge in [0.15, 0.2) is 0 Å². The fourth-order valence-corrected chi connectivity index (χ4v) is 6.26. The van der Waals surface area contributed by atoms with Crippen LogP contribution in [-0.4, -0.2) is 45.5 Å². The largest absolute Gasteiger partial charge is 0.465 e. The van der Waals surface area contributed by atoms with Gasteiger partial charge in [0, 0.05) is 23.4 Å². The maximum Gasteiger partial charge on any atom is 0.348 e. The van der Waals surface area contributed by atoms with Crippen molar-refractivity contribution in [3.63, 3.8) is 0 Å². The van der Waals surface area contributed by atoms with Gasteiger partial charge in [-0.15, -0.1) is 11.3 Å².